The van der Waals surface area contributed by atoms with Crippen LogP contribution in [-0.2, 0) is 9.59 Å². The van der Waals surface area contributed by atoms with E-state index >= 15 is 0 Å². The molecule has 3 amide bonds. The van der Waals surface area contributed by atoms with E-state index in [0.717, 1.165) is 0 Å². The maximum atomic E-state index is 13.4. The summed E-state index contributed by atoms with van der Waals surface area (Å²) in [5.74, 6) is -0.244. The summed E-state index contributed by atoms with van der Waals surface area (Å²) in [5.41, 5.74) is 1.53. The number of amides is 3. The first-order valence-corrected chi connectivity index (χ1v) is 11.0. The molecule has 9 heteroatoms. The van der Waals surface area contributed by atoms with Gasteiger partial charge in [-0.1, -0.05) is 29.8 Å². The van der Waals surface area contributed by atoms with Crippen molar-refractivity contribution >= 4 is 40.8 Å². The highest BCUT2D eigenvalue weighted by Crippen LogP contribution is 2.43. The van der Waals surface area contributed by atoms with Gasteiger partial charge < -0.3 is 10.2 Å². The third kappa shape index (κ3) is 3.47. The Bertz CT molecular complexity index is 1300. The number of nitrogens with one attached hydrogen (secondary N) is 1. The Labute approximate surface area is 195 Å². The van der Waals surface area contributed by atoms with Gasteiger partial charge in [0, 0.05) is 17.5 Å². The number of aromatic nitrogens is 2. The highest BCUT2D eigenvalue weighted by molar-refractivity contribution is 6.30. The number of hydrogen-bond donors (Lipinski definition) is 1. The van der Waals surface area contributed by atoms with Gasteiger partial charge in [0.15, 0.2) is 0 Å². The summed E-state index contributed by atoms with van der Waals surface area (Å²) < 4.78 is 1.60. The average Bonchev–Trinajstić information content (AvgIpc) is 3.30. The van der Waals surface area contributed by atoms with E-state index in [-0.39, 0.29) is 24.3 Å². The lowest BCUT2D eigenvalue weighted by Crippen LogP contribution is -2.63. The summed E-state index contributed by atoms with van der Waals surface area (Å²) >= 11 is 6.12. The summed E-state index contributed by atoms with van der Waals surface area (Å²) in [6, 6.07) is 15.9. The lowest BCUT2D eigenvalue weighted by molar-refractivity contribution is -0.120. The molecule has 0 aliphatic carbocycles. The standard InChI is InChI=1S/C24H22ClN5O3/c1-15-12-20(30(27-15)17-7-5-6-16(25)13-17)26-21(31)14-28-23(33)18-8-3-4-9-19(18)29-22(32)10-11-24(28,29)2/h3-9,12-13H,10-11,14H2,1-2H3,(H,26,31). The van der Waals surface area contributed by atoms with Crippen LogP contribution in [0, 0.1) is 6.92 Å². The SMILES string of the molecule is Cc1cc(NC(=O)CN2C(=O)c3ccccc3N3C(=O)CCC23C)n(-c2cccc(Cl)c2)n1. The molecule has 33 heavy (non-hydrogen) atoms. The topological polar surface area (TPSA) is 87.5 Å². The zero-order valence-electron chi connectivity index (χ0n) is 18.2. The Kier molecular flexibility index (Phi) is 4.97. The molecular weight excluding hydrogens is 442 g/mol. The fourth-order valence-corrected chi connectivity index (χ4v) is 4.84. The number of para-hydroxylation sites is 1. The zero-order chi connectivity index (χ0) is 23.3. The van der Waals surface area contributed by atoms with Gasteiger partial charge in [0.25, 0.3) is 5.91 Å². The van der Waals surface area contributed by atoms with E-state index in [4.69, 9.17) is 11.6 Å². The second-order valence-electron chi connectivity index (χ2n) is 8.47. The number of benzene rings is 2. The van der Waals surface area contributed by atoms with Crippen molar-refractivity contribution in [1.29, 1.82) is 0 Å². The van der Waals surface area contributed by atoms with E-state index < -0.39 is 5.66 Å². The van der Waals surface area contributed by atoms with Crippen molar-refractivity contribution in [2.24, 2.45) is 0 Å². The molecule has 168 valence electrons. The quantitative estimate of drug-likeness (QED) is 0.638. The van der Waals surface area contributed by atoms with Gasteiger partial charge in [0.1, 0.15) is 18.0 Å². The van der Waals surface area contributed by atoms with Gasteiger partial charge in [0.2, 0.25) is 11.8 Å². The van der Waals surface area contributed by atoms with Crippen molar-refractivity contribution in [2.75, 3.05) is 16.8 Å². The summed E-state index contributed by atoms with van der Waals surface area (Å²) in [6.45, 7) is 3.46. The molecular formula is C24H22ClN5O3. The normalized spacial score (nSPS) is 19.5. The van der Waals surface area contributed by atoms with E-state index in [2.05, 4.69) is 10.4 Å². The molecule has 0 bridgehead atoms. The molecule has 1 saturated heterocycles. The number of anilines is 2. The van der Waals surface area contributed by atoms with Gasteiger partial charge in [-0.2, -0.15) is 5.10 Å². The summed E-state index contributed by atoms with van der Waals surface area (Å²) in [5, 5.41) is 7.87. The molecule has 1 unspecified atom stereocenters. The van der Waals surface area contributed by atoms with Crippen LogP contribution < -0.4 is 10.2 Å². The Balaban J connectivity index is 1.44. The monoisotopic (exact) mass is 463 g/mol. The number of aryl methyl sites for hydroxylation is 1. The van der Waals surface area contributed by atoms with Crippen molar-refractivity contribution in [1.82, 2.24) is 14.7 Å². The number of carbonyl (C=O) groups is 3. The van der Waals surface area contributed by atoms with Crippen LogP contribution in [0.5, 0.6) is 0 Å². The molecule has 3 aromatic rings. The minimum atomic E-state index is -0.900. The maximum absolute atomic E-state index is 13.4. The van der Waals surface area contributed by atoms with Crippen LogP contribution in [0.15, 0.2) is 54.6 Å². The number of fused-ring (bicyclic) bond motifs is 3. The van der Waals surface area contributed by atoms with E-state index in [1.165, 1.54) is 4.90 Å². The predicted molar refractivity (Wildman–Crippen MR) is 125 cm³/mol. The zero-order valence-corrected chi connectivity index (χ0v) is 19.0. The van der Waals surface area contributed by atoms with Crippen molar-refractivity contribution in [3.63, 3.8) is 0 Å². The molecule has 3 heterocycles. The van der Waals surface area contributed by atoms with Gasteiger partial charge in [0.05, 0.1) is 22.6 Å². The molecule has 1 fully saturated rings. The van der Waals surface area contributed by atoms with E-state index in [9.17, 15) is 14.4 Å². The van der Waals surface area contributed by atoms with Crippen molar-refractivity contribution in [3.05, 3.63) is 70.9 Å². The van der Waals surface area contributed by atoms with Crippen molar-refractivity contribution in [2.45, 2.75) is 32.4 Å². The molecule has 1 aromatic heterocycles. The van der Waals surface area contributed by atoms with Gasteiger partial charge in [-0.15, -0.1) is 0 Å². The Hall–Kier alpha value is -3.65. The summed E-state index contributed by atoms with van der Waals surface area (Å²) in [4.78, 5) is 42.3. The van der Waals surface area contributed by atoms with Crippen LogP contribution in [-0.4, -0.2) is 44.6 Å². The van der Waals surface area contributed by atoms with Crippen LogP contribution in [0.3, 0.4) is 0 Å². The number of halogens is 1. The predicted octanol–water partition coefficient (Wildman–Crippen LogP) is 3.77. The molecule has 5 rings (SSSR count). The minimum absolute atomic E-state index is 0.0579. The Morgan fingerprint density at radius 3 is 2.73 bits per heavy atom. The molecule has 1 N–H and O–H groups in total. The highest BCUT2D eigenvalue weighted by Gasteiger charge is 2.53. The number of carbonyl (C=O) groups excluding carboxylic acids is 3. The number of rotatable bonds is 4. The summed E-state index contributed by atoms with van der Waals surface area (Å²) in [6.07, 6.45) is 0.774. The van der Waals surface area contributed by atoms with Crippen LogP contribution in [0.2, 0.25) is 5.02 Å². The molecule has 2 aliphatic rings. The van der Waals surface area contributed by atoms with Crippen LogP contribution in [0.25, 0.3) is 5.69 Å². The average molecular weight is 464 g/mol. The van der Waals surface area contributed by atoms with Crippen molar-refractivity contribution < 1.29 is 14.4 Å². The van der Waals surface area contributed by atoms with E-state index in [0.29, 0.717) is 46.3 Å². The lowest BCUT2D eigenvalue weighted by atomic mass is 9.98. The fraction of sp³-hybridized carbons (Fsp3) is 0.250. The fourth-order valence-electron chi connectivity index (χ4n) is 4.66. The Morgan fingerprint density at radius 2 is 1.94 bits per heavy atom. The second-order valence-corrected chi connectivity index (χ2v) is 8.90. The van der Waals surface area contributed by atoms with Gasteiger partial charge in [-0.3, -0.25) is 19.3 Å². The largest absolute Gasteiger partial charge is 0.309 e. The first-order chi connectivity index (χ1) is 15.8. The highest BCUT2D eigenvalue weighted by atomic mass is 35.5. The first kappa shape index (κ1) is 21.2. The van der Waals surface area contributed by atoms with E-state index in [1.807, 2.05) is 19.9 Å². The molecule has 0 saturated carbocycles. The van der Waals surface area contributed by atoms with Crippen molar-refractivity contribution in [3.8, 4) is 5.69 Å². The second kappa shape index (κ2) is 7.74. The molecule has 2 aliphatic heterocycles. The van der Waals surface area contributed by atoms with Gasteiger partial charge in [-0.25, -0.2) is 4.68 Å². The maximum Gasteiger partial charge on any atom is 0.258 e. The van der Waals surface area contributed by atoms with Crippen LogP contribution in [0.1, 0.15) is 35.8 Å². The smallest absolute Gasteiger partial charge is 0.258 e. The molecule has 0 spiro atoms. The molecule has 8 nitrogen and oxygen atoms in total. The molecule has 2 aromatic carbocycles. The first-order valence-electron chi connectivity index (χ1n) is 10.6. The van der Waals surface area contributed by atoms with Gasteiger partial charge >= 0.3 is 0 Å². The van der Waals surface area contributed by atoms with Crippen LogP contribution >= 0.6 is 11.6 Å². The third-order valence-corrected chi connectivity index (χ3v) is 6.43. The Morgan fingerprint density at radius 1 is 1.15 bits per heavy atom. The third-order valence-electron chi connectivity index (χ3n) is 6.20. The lowest BCUT2D eigenvalue weighted by Gasteiger charge is -2.48. The summed E-state index contributed by atoms with van der Waals surface area (Å²) in [7, 11) is 0. The number of hydrogen-bond acceptors (Lipinski definition) is 4. The van der Waals surface area contributed by atoms with Crippen LogP contribution in [0.4, 0.5) is 11.5 Å². The van der Waals surface area contributed by atoms with E-state index in [1.54, 1.807) is 58.1 Å². The minimum Gasteiger partial charge on any atom is -0.309 e. The number of nitrogens with zero attached hydrogens (tertiary/aromatic N) is 4. The molecule has 1 atom stereocenters. The molecule has 0 radical (unpaired) electrons. The van der Waals surface area contributed by atoms with Gasteiger partial charge in [-0.05, 0) is 50.6 Å².